The van der Waals surface area contributed by atoms with Crippen LogP contribution in [0.2, 0.25) is 0 Å². The summed E-state index contributed by atoms with van der Waals surface area (Å²) in [5, 5.41) is 3.57. The molecule has 0 saturated carbocycles. The van der Waals surface area contributed by atoms with Crippen LogP contribution in [0.15, 0.2) is 4.99 Å². The molecule has 0 spiro atoms. The van der Waals surface area contributed by atoms with Crippen molar-refractivity contribution in [3.63, 3.8) is 0 Å². The van der Waals surface area contributed by atoms with Gasteiger partial charge in [-0.3, -0.25) is 9.89 Å². The van der Waals surface area contributed by atoms with Crippen LogP contribution in [-0.4, -0.2) is 90.3 Å². The number of amides is 1. The molecule has 3 heterocycles. The second kappa shape index (κ2) is 8.25. The van der Waals surface area contributed by atoms with E-state index < -0.39 is 5.60 Å². The minimum atomic E-state index is -0.449. The van der Waals surface area contributed by atoms with Gasteiger partial charge < -0.3 is 19.9 Å². The van der Waals surface area contributed by atoms with Crippen molar-refractivity contribution in [3.05, 3.63) is 0 Å². The fourth-order valence-corrected chi connectivity index (χ4v) is 4.22. The predicted molar refractivity (Wildman–Crippen MR) is 108 cm³/mol. The van der Waals surface area contributed by atoms with E-state index in [1.165, 1.54) is 25.9 Å². The van der Waals surface area contributed by atoms with Gasteiger partial charge in [0.15, 0.2) is 5.96 Å². The summed E-state index contributed by atoms with van der Waals surface area (Å²) in [6.07, 6.45) is 2.45. The third kappa shape index (κ3) is 5.27. The van der Waals surface area contributed by atoms with Crippen molar-refractivity contribution >= 4 is 12.1 Å². The van der Waals surface area contributed by atoms with E-state index in [4.69, 9.17) is 9.73 Å². The number of likely N-dealkylation sites (tertiary alicyclic amines) is 1. The van der Waals surface area contributed by atoms with Gasteiger partial charge in [0.05, 0.1) is 12.6 Å². The van der Waals surface area contributed by atoms with E-state index in [1.807, 2.05) is 25.7 Å². The predicted octanol–water partition coefficient (Wildman–Crippen LogP) is 1.99. The first-order valence-electron chi connectivity index (χ1n) is 10.5. The third-order valence-corrected chi connectivity index (χ3v) is 5.73. The van der Waals surface area contributed by atoms with Gasteiger partial charge in [0.2, 0.25) is 0 Å². The molecule has 7 heteroatoms. The molecule has 1 amide bonds. The Balaban J connectivity index is 1.45. The molecule has 3 rings (SSSR count). The second-order valence-corrected chi connectivity index (χ2v) is 9.41. The number of ether oxygens (including phenoxy) is 1. The first-order valence-corrected chi connectivity index (χ1v) is 10.5. The number of piperidine rings is 1. The number of fused-ring (bicyclic) bond motifs is 1. The molecule has 0 radical (unpaired) electrons. The molecule has 2 fully saturated rings. The van der Waals surface area contributed by atoms with E-state index in [2.05, 4.69) is 29.0 Å². The molecule has 27 heavy (non-hydrogen) atoms. The Morgan fingerprint density at radius 1 is 1.30 bits per heavy atom. The number of hydrogen-bond acceptors (Lipinski definition) is 6. The lowest BCUT2D eigenvalue weighted by Crippen LogP contribution is -2.58. The number of guanidine groups is 1. The topological polar surface area (TPSA) is 60.4 Å². The van der Waals surface area contributed by atoms with Crippen LogP contribution < -0.4 is 5.32 Å². The quantitative estimate of drug-likeness (QED) is 0.813. The molecule has 0 aromatic carbocycles. The zero-order valence-corrected chi connectivity index (χ0v) is 17.7. The highest BCUT2D eigenvalue weighted by Crippen LogP contribution is 2.20. The molecular weight excluding hydrogens is 342 g/mol. The first-order chi connectivity index (χ1) is 12.7. The first kappa shape index (κ1) is 20.2. The molecular formula is C20H37N5O2. The molecule has 0 aromatic heterocycles. The van der Waals surface area contributed by atoms with E-state index in [1.54, 1.807) is 0 Å². The van der Waals surface area contributed by atoms with Gasteiger partial charge in [-0.15, -0.1) is 0 Å². The number of hydrogen-bond donors (Lipinski definition) is 1. The van der Waals surface area contributed by atoms with Gasteiger partial charge in [-0.1, -0.05) is 6.92 Å². The minimum absolute atomic E-state index is 0.212. The number of aliphatic imine (C=N–C) groups is 1. The summed E-state index contributed by atoms with van der Waals surface area (Å²) in [7, 11) is 0. The van der Waals surface area contributed by atoms with E-state index >= 15 is 0 Å². The van der Waals surface area contributed by atoms with Crippen LogP contribution in [0.1, 0.15) is 47.5 Å². The van der Waals surface area contributed by atoms with Crippen LogP contribution in [-0.2, 0) is 4.74 Å². The van der Waals surface area contributed by atoms with Crippen molar-refractivity contribution in [2.75, 3.05) is 45.8 Å². The molecule has 0 aliphatic carbocycles. The summed E-state index contributed by atoms with van der Waals surface area (Å²) < 4.78 is 5.52. The Morgan fingerprint density at radius 3 is 2.78 bits per heavy atom. The van der Waals surface area contributed by atoms with Crippen molar-refractivity contribution < 1.29 is 9.53 Å². The Labute approximate surface area is 164 Å². The van der Waals surface area contributed by atoms with Gasteiger partial charge in [0, 0.05) is 38.8 Å². The molecule has 1 N–H and O–H groups in total. The second-order valence-electron chi connectivity index (χ2n) is 9.41. The largest absolute Gasteiger partial charge is 0.444 e. The third-order valence-electron chi connectivity index (χ3n) is 5.73. The van der Waals surface area contributed by atoms with Crippen LogP contribution in [0, 0.1) is 5.92 Å². The van der Waals surface area contributed by atoms with Crippen LogP contribution in [0.25, 0.3) is 0 Å². The number of nitrogens with one attached hydrogen (secondary N) is 1. The summed E-state index contributed by atoms with van der Waals surface area (Å²) in [6.45, 7) is 16.6. The molecule has 0 aromatic rings. The molecule has 154 valence electrons. The summed E-state index contributed by atoms with van der Waals surface area (Å²) >= 11 is 0. The van der Waals surface area contributed by atoms with Gasteiger partial charge in [-0.2, -0.15) is 0 Å². The maximum atomic E-state index is 12.3. The van der Waals surface area contributed by atoms with Crippen LogP contribution in [0.5, 0.6) is 0 Å². The maximum absolute atomic E-state index is 12.3. The Bertz CT molecular complexity index is 559. The summed E-state index contributed by atoms with van der Waals surface area (Å²) in [6, 6.07) is 0.775. The Kier molecular flexibility index (Phi) is 6.18. The SMILES string of the molecule is CC1CCCN(C(C)CNC2=NCC3CN(C(=O)OC(C)(C)C)CCN23)C1. The van der Waals surface area contributed by atoms with Crippen molar-refractivity contribution in [3.8, 4) is 0 Å². The average molecular weight is 380 g/mol. The maximum Gasteiger partial charge on any atom is 0.410 e. The molecule has 3 aliphatic heterocycles. The Hall–Kier alpha value is -1.50. The van der Waals surface area contributed by atoms with Crippen molar-refractivity contribution in [2.24, 2.45) is 10.9 Å². The minimum Gasteiger partial charge on any atom is -0.444 e. The van der Waals surface area contributed by atoms with Crippen LogP contribution in [0.4, 0.5) is 4.79 Å². The highest BCUT2D eigenvalue weighted by atomic mass is 16.6. The highest BCUT2D eigenvalue weighted by Gasteiger charge is 2.36. The van der Waals surface area contributed by atoms with E-state index in [-0.39, 0.29) is 12.1 Å². The zero-order chi connectivity index (χ0) is 19.6. The number of piperazine rings is 1. The lowest BCUT2D eigenvalue weighted by molar-refractivity contribution is 0.0137. The zero-order valence-electron chi connectivity index (χ0n) is 17.7. The molecule has 7 nitrogen and oxygen atoms in total. The molecule has 3 unspecified atom stereocenters. The van der Waals surface area contributed by atoms with Gasteiger partial charge in [-0.05, 0) is 53.0 Å². The molecule has 3 atom stereocenters. The van der Waals surface area contributed by atoms with Gasteiger partial charge in [0.25, 0.3) is 0 Å². The molecule has 0 bridgehead atoms. The smallest absolute Gasteiger partial charge is 0.410 e. The highest BCUT2D eigenvalue weighted by molar-refractivity contribution is 5.82. The van der Waals surface area contributed by atoms with E-state index in [9.17, 15) is 4.79 Å². The number of carbonyl (C=O) groups excluding carboxylic acids is 1. The van der Waals surface area contributed by atoms with Gasteiger partial charge >= 0.3 is 6.09 Å². The van der Waals surface area contributed by atoms with Crippen LogP contribution >= 0.6 is 0 Å². The molecule has 2 saturated heterocycles. The lowest BCUT2D eigenvalue weighted by Gasteiger charge is -2.40. The van der Waals surface area contributed by atoms with Crippen molar-refractivity contribution in [2.45, 2.75) is 65.1 Å². The fraction of sp³-hybridized carbons (Fsp3) is 0.900. The molecule has 3 aliphatic rings. The van der Waals surface area contributed by atoms with E-state index in [0.29, 0.717) is 19.1 Å². The monoisotopic (exact) mass is 379 g/mol. The summed E-state index contributed by atoms with van der Waals surface area (Å²) in [4.78, 5) is 23.8. The Morgan fingerprint density at radius 2 is 2.07 bits per heavy atom. The fourth-order valence-electron chi connectivity index (χ4n) is 4.22. The number of nitrogens with zero attached hydrogens (tertiary/aromatic N) is 4. The van der Waals surface area contributed by atoms with Crippen molar-refractivity contribution in [1.82, 2.24) is 20.0 Å². The normalized spacial score (nSPS) is 27.8. The van der Waals surface area contributed by atoms with Gasteiger partial charge in [0.1, 0.15) is 5.60 Å². The number of rotatable bonds is 3. The van der Waals surface area contributed by atoms with Crippen molar-refractivity contribution in [1.29, 1.82) is 0 Å². The lowest BCUT2D eigenvalue weighted by atomic mass is 9.99. The average Bonchev–Trinajstić information content (AvgIpc) is 3.00. The standard InChI is InChI=1S/C20H37N5O2/c1-15-7-6-8-23(13-15)16(2)11-21-18-22-12-17-14-24(9-10-25(17)18)19(26)27-20(3,4)5/h15-17H,6-14H2,1-5H3,(H,21,22). The summed E-state index contributed by atoms with van der Waals surface area (Å²) in [5.74, 6) is 1.80. The summed E-state index contributed by atoms with van der Waals surface area (Å²) in [5.41, 5.74) is -0.449. The number of carbonyl (C=O) groups is 1. The van der Waals surface area contributed by atoms with Crippen LogP contribution in [0.3, 0.4) is 0 Å². The van der Waals surface area contributed by atoms with E-state index in [0.717, 1.165) is 31.5 Å². The van der Waals surface area contributed by atoms with Gasteiger partial charge in [-0.25, -0.2) is 4.79 Å².